The Hall–Kier alpha value is -2.33. The van der Waals surface area contributed by atoms with Gasteiger partial charge in [-0.05, 0) is 37.3 Å². The zero-order valence-corrected chi connectivity index (χ0v) is 12.2. The number of nitrogens with one attached hydrogen (secondary N) is 1. The van der Waals surface area contributed by atoms with E-state index < -0.39 is 5.97 Å². The summed E-state index contributed by atoms with van der Waals surface area (Å²) in [5.74, 6) is -0.811. The Morgan fingerprint density at radius 1 is 1.14 bits per heavy atom. The minimum Gasteiger partial charge on any atom is -0.462 e. The van der Waals surface area contributed by atoms with E-state index in [9.17, 15) is 9.59 Å². The molecule has 0 aromatic heterocycles. The van der Waals surface area contributed by atoms with Gasteiger partial charge in [-0.1, -0.05) is 29.8 Å². The summed E-state index contributed by atoms with van der Waals surface area (Å²) < 4.78 is 4.96. The third-order valence-corrected chi connectivity index (χ3v) is 2.99. The molecule has 1 amide bonds. The first-order valence-corrected chi connectivity index (χ1v) is 6.82. The van der Waals surface area contributed by atoms with Crippen LogP contribution >= 0.6 is 11.6 Å². The number of benzene rings is 2. The highest BCUT2D eigenvalue weighted by molar-refractivity contribution is 6.31. The maximum Gasteiger partial charge on any atom is 0.340 e. The largest absolute Gasteiger partial charge is 0.462 e. The van der Waals surface area contributed by atoms with Gasteiger partial charge in [-0.25, -0.2) is 4.79 Å². The molecule has 2 aromatic rings. The first-order valence-electron chi connectivity index (χ1n) is 6.45. The average Bonchev–Trinajstić information content (AvgIpc) is 2.48. The quantitative estimate of drug-likeness (QED) is 0.875. The number of amides is 1. The minimum absolute atomic E-state index is 0.273. The summed E-state index contributed by atoms with van der Waals surface area (Å²) in [6.45, 7) is 2.00. The second-order valence-corrected chi connectivity index (χ2v) is 4.67. The lowest BCUT2D eigenvalue weighted by molar-refractivity contribution is 0.0527. The van der Waals surface area contributed by atoms with E-state index in [0.717, 1.165) is 0 Å². The Kier molecular flexibility index (Phi) is 4.95. The first-order chi connectivity index (χ1) is 10.1. The zero-order valence-electron chi connectivity index (χ0n) is 11.4. The summed E-state index contributed by atoms with van der Waals surface area (Å²) in [4.78, 5) is 24.0. The number of halogens is 1. The normalized spacial score (nSPS) is 10.0. The van der Waals surface area contributed by atoms with E-state index in [1.807, 2.05) is 0 Å². The van der Waals surface area contributed by atoms with Crippen LogP contribution in [0.4, 0.5) is 5.69 Å². The van der Waals surface area contributed by atoms with Crippen LogP contribution in [0.2, 0.25) is 5.02 Å². The summed E-state index contributed by atoms with van der Waals surface area (Å²) in [6, 6.07) is 13.3. The summed E-state index contributed by atoms with van der Waals surface area (Å²) in [5, 5.41) is 3.17. The van der Waals surface area contributed by atoms with Crippen molar-refractivity contribution >= 4 is 29.2 Å². The van der Waals surface area contributed by atoms with Crippen molar-refractivity contribution in [2.45, 2.75) is 6.92 Å². The lowest BCUT2D eigenvalue weighted by atomic mass is 10.1. The third kappa shape index (κ3) is 3.83. The van der Waals surface area contributed by atoms with E-state index in [0.29, 0.717) is 21.8 Å². The molecule has 0 heterocycles. The molecule has 0 aliphatic rings. The Morgan fingerprint density at radius 2 is 1.90 bits per heavy atom. The van der Waals surface area contributed by atoms with Crippen LogP contribution in [0.5, 0.6) is 0 Å². The van der Waals surface area contributed by atoms with Gasteiger partial charge in [0.2, 0.25) is 0 Å². The molecule has 4 nitrogen and oxygen atoms in total. The molecule has 2 aromatic carbocycles. The molecule has 0 saturated heterocycles. The van der Waals surface area contributed by atoms with Crippen molar-refractivity contribution in [2.24, 2.45) is 0 Å². The summed E-state index contributed by atoms with van der Waals surface area (Å²) in [5.41, 5.74) is 1.14. The van der Waals surface area contributed by atoms with Gasteiger partial charge in [-0.15, -0.1) is 0 Å². The highest BCUT2D eigenvalue weighted by Gasteiger charge is 2.14. The lowest BCUT2D eigenvalue weighted by Gasteiger charge is -2.10. The molecule has 0 radical (unpaired) electrons. The van der Waals surface area contributed by atoms with Crippen molar-refractivity contribution in [3.05, 3.63) is 64.7 Å². The maximum absolute atomic E-state index is 12.2. The number of carbonyl (C=O) groups excluding carboxylic acids is 2. The first kappa shape index (κ1) is 15.1. The van der Waals surface area contributed by atoms with Crippen LogP contribution in [-0.2, 0) is 4.74 Å². The molecule has 0 saturated carbocycles. The molecular formula is C16H14ClNO3. The van der Waals surface area contributed by atoms with Crippen molar-refractivity contribution in [2.75, 3.05) is 11.9 Å². The third-order valence-electron chi connectivity index (χ3n) is 2.76. The topological polar surface area (TPSA) is 55.4 Å². The average molecular weight is 304 g/mol. The van der Waals surface area contributed by atoms with Crippen LogP contribution in [0.1, 0.15) is 27.6 Å². The second kappa shape index (κ2) is 6.90. The SMILES string of the molecule is CCOC(=O)c1ccccc1NC(=O)c1cccc(Cl)c1. The predicted octanol–water partition coefficient (Wildman–Crippen LogP) is 3.77. The maximum atomic E-state index is 12.2. The van der Waals surface area contributed by atoms with Crippen LogP contribution in [0.25, 0.3) is 0 Å². The van der Waals surface area contributed by atoms with Crippen molar-refractivity contribution < 1.29 is 14.3 Å². The van der Waals surface area contributed by atoms with Crippen molar-refractivity contribution in [1.29, 1.82) is 0 Å². The smallest absolute Gasteiger partial charge is 0.340 e. The monoisotopic (exact) mass is 303 g/mol. The van der Waals surface area contributed by atoms with Crippen LogP contribution in [0.3, 0.4) is 0 Å². The Labute approximate surface area is 127 Å². The van der Waals surface area contributed by atoms with Gasteiger partial charge in [-0.2, -0.15) is 0 Å². The van der Waals surface area contributed by atoms with Crippen LogP contribution in [-0.4, -0.2) is 18.5 Å². The minimum atomic E-state index is -0.473. The van der Waals surface area contributed by atoms with Gasteiger partial charge in [0.25, 0.3) is 5.91 Å². The fourth-order valence-electron chi connectivity index (χ4n) is 1.80. The van der Waals surface area contributed by atoms with E-state index in [1.54, 1.807) is 55.5 Å². The van der Waals surface area contributed by atoms with Crippen molar-refractivity contribution in [3.63, 3.8) is 0 Å². The fourth-order valence-corrected chi connectivity index (χ4v) is 1.99. The van der Waals surface area contributed by atoms with Gasteiger partial charge in [0.05, 0.1) is 17.9 Å². The number of ether oxygens (including phenoxy) is 1. The predicted molar refractivity (Wildman–Crippen MR) is 81.8 cm³/mol. The number of esters is 1. The van der Waals surface area contributed by atoms with E-state index >= 15 is 0 Å². The van der Waals surface area contributed by atoms with Gasteiger partial charge < -0.3 is 10.1 Å². The Balaban J connectivity index is 2.23. The molecule has 0 spiro atoms. The molecule has 0 bridgehead atoms. The van der Waals surface area contributed by atoms with Gasteiger partial charge >= 0.3 is 5.97 Å². The van der Waals surface area contributed by atoms with Crippen molar-refractivity contribution in [1.82, 2.24) is 0 Å². The fraction of sp³-hybridized carbons (Fsp3) is 0.125. The van der Waals surface area contributed by atoms with Gasteiger partial charge in [-0.3, -0.25) is 4.79 Å². The molecule has 1 N–H and O–H groups in total. The van der Waals surface area contributed by atoms with Gasteiger partial charge in [0.15, 0.2) is 0 Å². The molecule has 0 aliphatic heterocycles. The van der Waals surface area contributed by atoms with Gasteiger partial charge in [0.1, 0.15) is 0 Å². The highest BCUT2D eigenvalue weighted by atomic mass is 35.5. The molecule has 5 heteroatoms. The van der Waals surface area contributed by atoms with E-state index in [1.165, 1.54) is 0 Å². The van der Waals surface area contributed by atoms with Crippen molar-refractivity contribution in [3.8, 4) is 0 Å². The highest BCUT2D eigenvalue weighted by Crippen LogP contribution is 2.18. The zero-order chi connectivity index (χ0) is 15.2. The van der Waals surface area contributed by atoms with Crippen LogP contribution in [0.15, 0.2) is 48.5 Å². The molecule has 0 fully saturated rings. The standard InChI is InChI=1S/C16H14ClNO3/c1-2-21-16(20)13-8-3-4-9-14(13)18-15(19)11-6-5-7-12(17)10-11/h3-10H,2H2,1H3,(H,18,19). The van der Waals surface area contributed by atoms with E-state index in [4.69, 9.17) is 16.3 Å². The van der Waals surface area contributed by atoms with E-state index in [-0.39, 0.29) is 12.5 Å². The number of anilines is 1. The van der Waals surface area contributed by atoms with Gasteiger partial charge in [0, 0.05) is 10.6 Å². The van der Waals surface area contributed by atoms with E-state index in [2.05, 4.69) is 5.32 Å². The molecule has 0 unspecified atom stereocenters. The number of rotatable bonds is 4. The molecule has 0 aliphatic carbocycles. The summed E-state index contributed by atoms with van der Waals surface area (Å²) >= 11 is 5.86. The lowest BCUT2D eigenvalue weighted by Crippen LogP contribution is -2.15. The van der Waals surface area contributed by atoms with Crippen LogP contribution in [0, 0.1) is 0 Å². The number of carbonyl (C=O) groups is 2. The molecule has 2 rings (SSSR count). The number of hydrogen-bond acceptors (Lipinski definition) is 3. The second-order valence-electron chi connectivity index (χ2n) is 4.23. The number of hydrogen-bond donors (Lipinski definition) is 1. The summed E-state index contributed by atoms with van der Waals surface area (Å²) in [7, 11) is 0. The Bertz CT molecular complexity index is 670. The Morgan fingerprint density at radius 3 is 2.62 bits per heavy atom. The van der Waals surface area contributed by atoms with Crippen LogP contribution < -0.4 is 5.32 Å². The summed E-state index contributed by atoms with van der Waals surface area (Å²) in [6.07, 6.45) is 0. The molecular weight excluding hydrogens is 290 g/mol. The molecule has 21 heavy (non-hydrogen) atoms. The number of para-hydroxylation sites is 1. The molecule has 108 valence electrons. The molecule has 0 atom stereocenters.